The molecule has 1 aliphatic heterocycles. The molecule has 1 saturated carbocycles. The molecule has 0 aromatic rings. The second-order valence-corrected chi connectivity index (χ2v) is 9.26. The molecule has 2 fully saturated rings. The molecule has 138 valence electrons. The summed E-state index contributed by atoms with van der Waals surface area (Å²) in [6, 6.07) is 0. The Hall–Kier alpha value is -1.26. The van der Waals surface area contributed by atoms with Gasteiger partial charge >= 0.3 is 6.09 Å². The fourth-order valence-corrected chi connectivity index (χ4v) is 4.89. The zero-order valence-corrected chi connectivity index (χ0v) is 16.2. The minimum Gasteiger partial charge on any atom is -0.465 e. The summed E-state index contributed by atoms with van der Waals surface area (Å²) in [5, 5.41) is 9.87. The van der Waals surface area contributed by atoms with E-state index in [0.29, 0.717) is 0 Å². The van der Waals surface area contributed by atoms with Crippen LogP contribution in [0.2, 0.25) is 0 Å². The van der Waals surface area contributed by atoms with Gasteiger partial charge in [-0.1, -0.05) is 13.8 Å². The number of carboxylic acid groups (broad SMARTS) is 1. The van der Waals surface area contributed by atoms with Gasteiger partial charge in [0.25, 0.3) is 0 Å². The molecule has 5 nitrogen and oxygen atoms in total. The van der Waals surface area contributed by atoms with E-state index < -0.39 is 22.6 Å². The third kappa shape index (κ3) is 3.02. The lowest BCUT2D eigenvalue weighted by atomic mass is 9.68. The SMILES string of the molecule is CC(C)(C)N(C(=O)O)[C@]1(C)CC[C@H](C(=O)N2CCCCC2)C1(C)C. The van der Waals surface area contributed by atoms with E-state index in [2.05, 4.69) is 13.8 Å². The van der Waals surface area contributed by atoms with E-state index in [1.807, 2.05) is 32.6 Å². The van der Waals surface area contributed by atoms with Crippen LogP contribution in [0.4, 0.5) is 4.79 Å². The predicted molar refractivity (Wildman–Crippen MR) is 95.0 cm³/mol. The summed E-state index contributed by atoms with van der Waals surface area (Å²) in [5.41, 5.74) is -1.44. The van der Waals surface area contributed by atoms with Crippen molar-refractivity contribution in [3.05, 3.63) is 0 Å². The Morgan fingerprint density at radius 1 is 1.08 bits per heavy atom. The van der Waals surface area contributed by atoms with E-state index in [1.54, 1.807) is 4.90 Å². The second kappa shape index (κ2) is 6.23. The average Bonchev–Trinajstić information content (AvgIpc) is 2.68. The molecule has 1 aliphatic carbocycles. The van der Waals surface area contributed by atoms with Crippen molar-refractivity contribution in [3.63, 3.8) is 0 Å². The molecular weight excluding hydrogens is 304 g/mol. The number of amides is 2. The lowest BCUT2D eigenvalue weighted by Gasteiger charge is -2.53. The number of hydrogen-bond donors (Lipinski definition) is 1. The zero-order valence-electron chi connectivity index (χ0n) is 16.2. The second-order valence-electron chi connectivity index (χ2n) is 9.26. The normalized spacial score (nSPS) is 30.2. The quantitative estimate of drug-likeness (QED) is 0.828. The van der Waals surface area contributed by atoms with E-state index in [4.69, 9.17) is 0 Å². The number of hydrogen-bond acceptors (Lipinski definition) is 2. The Balaban J connectivity index is 2.31. The van der Waals surface area contributed by atoms with Gasteiger partial charge in [0, 0.05) is 30.1 Å². The monoisotopic (exact) mass is 338 g/mol. The highest BCUT2D eigenvalue weighted by Gasteiger charge is 2.60. The number of nitrogens with zero attached hydrogens (tertiary/aromatic N) is 2. The molecule has 0 spiro atoms. The van der Waals surface area contributed by atoms with E-state index in [9.17, 15) is 14.7 Å². The number of rotatable bonds is 2. The molecule has 0 aromatic carbocycles. The first-order chi connectivity index (χ1) is 10.9. The summed E-state index contributed by atoms with van der Waals surface area (Å²) >= 11 is 0. The maximum absolute atomic E-state index is 13.1. The zero-order chi connectivity index (χ0) is 18.3. The van der Waals surface area contributed by atoms with Gasteiger partial charge in [0.2, 0.25) is 5.91 Å². The lowest BCUT2D eigenvalue weighted by molar-refractivity contribution is -0.142. The van der Waals surface area contributed by atoms with Crippen molar-refractivity contribution in [2.45, 2.75) is 84.7 Å². The van der Waals surface area contributed by atoms with Crippen LogP contribution >= 0.6 is 0 Å². The molecule has 5 heteroatoms. The standard InChI is InChI=1S/C19H34N2O3/c1-17(2,3)21(16(23)24)19(6)11-10-14(18(19,4)5)15(22)20-12-8-7-9-13-20/h14H,7-13H2,1-6H3,(H,23,24)/t14-,19-/m1/s1. The molecule has 2 aliphatic rings. The first kappa shape index (κ1) is 19.1. The van der Waals surface area contributed by atoms with Crippen molar-refractivity contribution in [1.29, 1.82) is 0 Å². The highest BCUT2D eigenvalue weighted by atomic mass is 16.4. The van der Waals surface area contributed by atoms with Gasteiger partial charge in [0.05, 0.1) is 0 Å². The van der Waals surface area contributed by atoms with Crippen molar-refractivity contribution >= 4 is 12.0 Å². The van der Waals surface area contributed by atoms with E-state index >= 15 is 0 Å². The van der Waals surface area contributed by atoms with Crippen LogP contribution in [0.25, 0.3) is 0 Å². The highest BCUT2D eigenvalue weighted by Crippen LogP contribution is 2.55. The Morgan fingerprint density at radius 2 is 1.62 bits per heavy atom. The lowest BCUT2D eigenvalue weighted by Crippen LogP contribution is -2.63. The fourth-order valence-electron chi connectivity index (χ4n) is 4.89. The van der Waals surface area contributed by atoms with E-state index in [0.717, 1.165) is 38.8 Å². The molecule has 2 atom stereocenters. The van der Waals surface area contributed by atoms with Crippen molar-refractivity contribution in [2.24, 2.45) is 11.3 Å². The number of likely N-dealkylation sites (tertiary alicyclic amines) is 1. The first-order valence-electron chi connectivity index (χ1n) is 9.25. The summed E-state index contributed by atoms with van der Waals surface area (Å²) in [6.07, 6.45) is 3.96. The van der Waals surface area contributed by atoms with Crippen LogP contribution in [0.1, 0.15) is 73.6 Å². The molecule has 1 heterocycles. The molecule has 0 bridgehead atoms. The molecule has 24 heavy (non-hydrogen) atoms. The summed E-state index contributed by atoms with van der Waals surface area (Å²) in [4.78, 5) is 28.7. The Bertz CT molecular complexity index is 503. The molecule has 0 aromatic heterocycles. The maximum Gasteiger partial charge on any atom is 0.408 e. The van der Waals surface area contributed by atoms with Crippen LogP contribution in [0, 0.1) is 11.3 Å². The van der Waals surface area contributed by atoms with E-state index in [1.165, 1.54) is 6.42 Å². The van der Waals surface area contributed by atoms with Crippen LogP contribution in [-0.2, 0) is 4.79 Å². The van der Waals surface area contributed by atoms with Gasteiger partial charge in [-0.3, -0.25) is 9.69 Å². The largest absolute Gasteiger partial charge is 0.465 e. The molecule has 1 saturated heterocycles. The summed E-state index contributed by atoms with van der Waals surface area (Å²) in [7, 11) is 0. The Morgan fingerprint density at radius 3 is 2.08 bits per heavy atom. The first-order valence-corrected chi connectivity index (χ1v) is 9.25. The summed E-state index contributed by atoms with van der Waals surface area (Å²) < 4.78 is 0. The van der Waals surface area contributed by atoms with Gasteiger partial charge in [-0.2, -0.15) is 0 Å². The number of carbonyl (C=O) groups is 2. The molecule has 0 unspecified atom stereocenters. The summed E-state index contributed by atoms with van der Waals surface area (Å²) in [5.74, 6) is 0.118. The van der Waals surface area contributed by atoms with Gasteiger partial charge in [0.1, 0.15) is 0 Å². The van der Waals surface area contributed by atoms with Gasteiger partial charge in [-0.05, 0) is 65.2 Å². The fraction of sp³-hybridized carbons (Fsp3) is 0.895. The topological polar surface area (TPSA) is 60.9 Å². The van der Waals surface area contributed by atoms with Gasteiger partial charge in [-0.15, -0.1) is 0 Å². The van der Waals surface area contributed by atoms with Crippen molar-refractivity contribution in [3.8, 4) is 0 Å². The maximum atomic E-state index is 13.1. The average molecular weight is 338 g/mol. The summed E-state index contributed by atoms with van der Waals surface area (Å²) in [6.45, 7) is 13.7. The number of piperidine rings is 1. The third-order valence-electron chi connectivity index (χ3n) is 6.50. The van der Waals surface area contributed by atoms with Crippen LogP contribution in [-0.4, -0.2) is 51.1 Å². The molecular formula is C19H34N2O3. The van der Waals surface area contributed by atoms with Crippen LogP contribution in [0.15, 0.2) is 0 Å². The van der Waals surface area contributed by atoms with E-state index in [-0.39, 0.29) is 11.8 Å². The minimum atomic E-state index is -0.899. The molecule has 2 amide bonds. The van der Waals surface area contributed by atoms with Gasteiger partial charge in [-0.25, -0.2) is 4.79 Å². The molecule has 0 radical (unpaired) electrons. The Labute approximate surface area is 146 Å². The molecule has 1 N–H and O–H groups in total. The van der Waals surface area contributed by atoms with Crippen LogP contribution in [0.5, 0.6) is 0 Å². The third-order valence-corrected chi connectivity index (χ3v) is 6.50. The smallest absolute Gasteiger partial charge is 0.408 e. The van der Waals surface area contributed by atoms with Crippen molar-refractivity contribution in [1.82, 2.24) is 9.80 Å². The Kier molecular flexibility index (Phi) is 4.95. The number of carbonyl (C=O) groups excluding carboxylic acids is 1. The van der Waals surface area contributed by atoms with Gasteiger partial charge in [0.15, 0.2) is 0 Å². The van der Waals surface area contributed by atoms with Crippen molar-refractivity contribution < 1.29 is 14.7 Å². The predicted octanol–water partition coefficient (Wildman–Crippen LogP) is 3.97. The molecule has 2 rings (SSSR count). The highest BCUT2D eigenvalue weighted by molar-refractivity contribution is 5.81. The van der Waals surface area contributed by atoms with Crippen LogP contribution in [0.3, 0.4) is 0 Å². The van der Waals surface area contributed by atoms with Crippen molar-refractivity contribution in [2.75, 3.05) is 13.1 Å². The van der Waals surface area contributed by atoms with Crippen LogP contribution < -0.4 is 0 Å². The van der Waals surface area contributed by atoms with Gasteiger partial charge < -0.3 is 10.0 Å². The minimum absolute atomic E-state index is 0.107.